The maximum atomic E-state index is 12.1. The molecule has 1 aromatic rings. The standard InChI is InChI=1S/C14H19Cl2N3O/c1-9-7-19(10(2)6-17-9)8-14(20)18-11-3-4-12(15)13(16)5-11/h3-5,9-10,17H,6-8H2,1-2H3,(H,18,20). The van der Waals surface area contributed by atoms with Gasteiger partial charge in [-0.3, -0.25) is 9.69 Å². The molecular formula is C14H19Cl2N3O. The van der Waals surface area contributed by atoms with E-state index in [1.807, 2.05) is 0 Å². The van der Waals surface area contributed by atoms with Gasteiger partial charge in [0.1, 0.15) is 0 Å². The van der Waals surface area contributed by atoms with Crippen molar-refractivity contribution >= 4 is 34.8 Å². The lowest BCUT2D eigenvalue weighted by Crippen LogP contribution is -2.55. The molecule has 2 rings (SSSR count). The van der Waals surface area contributed by atoms with Gasteiger partial charge in [0.2, 0.25) is 5.91 Å². The predicted molar refractivity (Wildman–Crippen MR) is 83.6 cm³/mol. The highest BCUT2D eigenvalue weighted by Gasteiger charge is 2.24. The number of rotatable bonds is 3. The predicted octanol–water partition coefficient (Wildman–Crippen LogP) is 2.61. The van der Waals surface area contributed by atoms with E-state index >= 15 is 0 Å². The highest BCUT2D eigenvalue weighted by atomic mass is 35.5. The number of piperazine rings is 1. The summed E-state index contributed by atoms with van der Waals surface area (Å²) in [7, 11) is 0. The maximum absolute atomic E-state index is 12.1. The normalized spacial score (nSPS) is 23.6. The van der Waals surface area contributed by atoms with Crippen LogP contribution >= 0.6 is 23.2 Å². The van der Waals surface area contributed by atoms with Gasteiger partial charge in [-0.25, -0.2) is 0 Å². The average molecular weight is 316 g/mol. The fourth-order valence-electron chi connectivity index (χ4n) is 2.28. The van der Waals surface area contributed by atoms with Gasteiger partial charge in [-0.2, -0.15) is 0 Å². The monoisotopic (exact) mass is 315 g/mol. The number of carbonyl (C=O) groups excluding carboxylic acids is 1. The second-order valence-corrected chi connectivity index (χ2v) is 6.08. The first kappa shape index (κ1) is 15.6. The summed E-state index contributed by atoms with van der Waals surface area (Å²) in [5.74, 6) is -0.0376. The van der Waals surface area contributed by atoms with Gasteiger partial charge in [0.05, 0.1) is 16.6 Å². The van der Waals surface area contributed by atoms with Crippen LogP contribution in [-0.4, -0.2) is 42.5 Å². The van der Waals surface area contributed by atoms with Crippen LogP contribution in [-0.2, 0) is 4.79 Å². The van der Waals surface area contributed by atoms with Gasteiger partial charge in [0.15, 0.2) is 0 Å². The molecule has 1 aromatic carbocycles. The van der Waals surface area contributed by atoms with Crippen molar-refractivity contribution in [2.24, 2.45) is 0 Å². The maximum Gasteiger partial charge on any atom is 0.238 e. The summed E-state index contributed by atoms with van der Waals surface area (Å²) in [4.78, 5) is 14.3. The molecule has 1 saturated heterocycles. The number of hydrogen-bond acceptors (Lipinski definition) is 3. The van der Waals surface area contributed by atoms with Crippen LogP contribution in [0, 0.1) is 0 Å². The molecule has 2 atom stereocenters. The van der Waals surface area contributed by atoms with Crippen molar-refractivity contribution in [1.82, 2.24) is 10.2 Å². The van der Waals surface area contributed by atoms with Gasteiger partial charge in [0.25, 0.3) is 0 Å². The Hall–Kier alpha value is -0.810. The SMILES string of the molecule is CC1CN(CC(=O)Nc2ccc(Cl)c(Cl)c2)C(C)CN1. The summed E-state index contributed by atoms with van der Waals surface area (Å²) in [6, 6.07) is 5.84. The second kappa shape index (κ2) is 6.76. The molecule has 1 amide bonds. The molecule has 6 heteroatoms. The third-order valence-corrected chi connectivity index (χ3v) is 4.18. The Morgan fingerprint density at radius 2 is 2.15 bits per heavy atom. The fraction of sp³-hybridized carbons (Fsp3) is 0.500. The summed E-state index contributed by atoms with van der Waals surface area (Å²) in [5.41, 5.74) is 0.667. The van der Waals surface area contributed by atoms with Gasteiger partial charge in [0, 0.05) is 30.9 Å². The van der Waals surface area contributed by atoms with Crippen molar-refractivity contribution in [2.45, 2.75) is 25.9 Å². The topological polar surface area (TPSA) is 44.4 Å². The molecule has 0 saturated carbocycles. The van der Waals surface area contributed by atoms with E-state index in [2.05, 4.69) is 29.4 Å². The summed E-state index contributed by atoms with van der Waals surface area (Å²) in [6.07, 6.45) is 0. The number of carbonyl (C=O) groups is 1. The Morgan fingerprint density at radius 1 is 1.40 bits per heavy atom. The highest BCUT2D eigenvalue weighted by molar-refractivity contribution is 6.42. The van der Waals surface area contributed by atoms with E-state index in [0.717, 1.165) is 13.1 Å². The lowest BCUT2D eigenvalue weighted by atomic mass is 10.1. The molecule has 4 nitrogen and oxygen atoms in total. The Morgan fingerprint density at radius 3 is 2.85 bits per heavy atom. The quantitative estimate of drug-likeness (QED) is 0.901. The largest absolute Gasteiger partial charge is 0.325 e. The Bertz CT molecular complexity index is 495. The minimum atomic E-state index is -0.0376. The molecule has 2 N–H and O–H groups in total. The van der Waals surface area contributed by atoms with Crippen molar-refractivity contribution in [3.63, 3.8) is 0 Å². The highest BCUT2D eigenvalue weighted by Crippen LogP contribution is 2.25. The Kier molecular flexibility index (Phi) is 5.27. The molecule has 0 aromatic heterocycles. The lowest BCUT2D eigenvalue weighted by Gasteiger charge is -2.36. The third-order valence-electron chi connectivity index (χ3n) is 3.44. The molecule has 20 heavy (non-hydrogen) atoms. The van der Waals surface area contributed by atoms with Crippen LogP contribution in [0.4, 0.5) is 5.69 Å². The zero-order valence-electron chi connectivity index (χ0n) is 11.6. The van der Waals surface area contributed by atoms with Crippen molar-refractivity contribution in [3.8, 4) is 0 Å². The van der Waals surface area contributed by atoms with E-state index in [-0.39, 0.29) is 5.91 Å². The van der Waals surface area contributed by atoms with Crippen molar-refractivity contribution < 1.29 is 4.79 Å². The molecule has 1 fully saturated rings. The fourth-order valence-corrected chi connectivity index (χ4v) is 2.57. The summed E-state index contributed by atoms with van der Waals surface area (Å²) < 4.78 is 0. The summed E-state index contributed by atoms with van der Waals surface area (Å²) >= 11 is 11.8. The summed E-state index contributed by atoms with van der Waals surface area (Å²) in [6.45, 7) is 6.39. The molecule has 110 valence electrons. The Balaban J connectivity index is 1.93. The first-order chi connectivity index (χ1) is 9.45. The summed E-state index contributed by atoms with van der Waals surface area (Å²) in [5, 5.41) is 7.16. The number of hydrogen-bond donors (Lipinski definition) is 2. The molecule has 0 radical (unpaired) electrons. The third kappa shape index (κ3) is 4.09. The number of nitrogens with zero attached hydrogens (tertiary/aromatic N) is 1. The number of nitrogens with one attached hydrogen (secondary N) is 2. The van der Waals surface area contributed by atoms with E-state index in [0.29, 0.717) is 34.4 Å². The van der Waals surface area contributed by atoms with Crippen molar-refractivity contribution in [3.05, 3.63) is 28.2 Å². The van der Waals surface area contributed by atoms with E-state index in [1.54, 1.807) is 18.2 Å². The van der Waals surface area contributed by atoms with Crippen LogP contribution in [0.5, 0.6) is 0 Å². The van der Waals surface area contributed by atoms with Gasteiger partial charge in [-0.1, -0.05) is 23.2 Å². The number of halogens is 2. The van der Waals surface area contributed by atoms with Crippen LogP contribution in [0.25, 0.3) is 0 Å². The molecule has 0 spiro atoms. The second-order valence-electron chi connectivity index (χ2n) is 5.26. The number of amides is 1. The molecule has 1 aliphatic rings. The Labute approximate surface area is 129 Å². The van der Waals surface area contributed by atoms with E-state index in [1.165, 1.54) is 0 Å². The minimum Gasteiger partial charge on any atom is -0.325 e. The zero-order chi connectivity index (χ0) is 14.7. The smallest absolute Gasteiger partial charge is 0.238 e. The van der Waals surface area contributed by atoms with Crippen molar-refractivity contribution in [2.75, 3.05) is 25.0 Å². The van der Waals surface area contributed by atoms with E-state index in [4.69, 9.17) is 23.2 Å². The van der Waals surface area contributed by atoms with E-state index < -0.39 is 0 Å². The van der Waals surface area contributed by atoms with E-state index in [9.17, 15) is 4.79 Å². The molecule has 0 bridgehead atoms. The minimum absolute atomic E-state index is 0.0376. The number of benzene rings is 1. The first-order valence-corrected chi connectivity index (χ1v) is 7.43. The van der Waals surface area contributed by atoms with Crippen LogP contribution in [0.1, 0.15) is 13.8 Å². The lowest BCUT2D eigenvalue weighted by molar-refractivity contribution is -0.118. The van der Waals surface area contributed by atoms with Gasteiger partial charge < -0.3 is 10.6 Å². The van der Waals surface area contributed by atoms with Crippen LogP contribution in [0.3, 0.4) is 0 Å². The first-order valence-electron chi connectivity index (χ1n) is 6.68. The van der Waals surface area contributed by atoms with Gasteiger partial charge in [-0.05, 0) is 32.0 Å². The average Bonchev–Trinajstić information content (AvgIpc) is 2.38. The zero-order valence-corrected chi connectivity index (χ0v) is 13.1. The molecule has 1 heterocycles. The molecular weight excluding hydrogens is 297 g/mol. The van der Waals surface area contributed by atoms with Crippen molar-refractivity contribution in [1.29, 1.82) is 0 Å². The van der Waals surface area contributed by atoms with Crippen LogP contribution in [0.15, 0.2) is 18.2 Å². The molecule has 2 unspecified atom stereocenters. The number of anilines is 1. The van der Waals surface area contributed by atoms with Gasteiger partial charge >= 0.3 is 0 Å². The molecule has 0 aliphatic carbocycles. The van der Waals surface area contributed by atoms with Crippen LogP contribution < -0.4 is 10.6 Å². The molecule has 1 aliphatic heterocycles. The van der Waals surface area contributed by atoms with Crippen LogP contribution in [0.2, 0.25) is 10.0 Å². The van der Waals surface area contributed by atoms with Gasteiger partial charge in [-0.15, -0.1) is 0 Å².